The lowest BCUT2D eigenvalue weighted by molar-refractivity contribution is -0.145. The molecule has 0 N–H and O–H groups in total. The number of hydrogen-bond donors (Lipinski definition) is 0. The summed E-state index contributed by atoms with van der Waals surface area (Å²) in [6, 6.07) is 6.87. The minimum absolute atomic E-state index is 0.0964. The van der Waals surface area contributed by atoms with Crippen molar-refractivity contribution in [1.82, 2.24) is 4.90 Å². The lowest BCUT2D eigenvalue weighted by Gasteiger charge is -2.31. The summed E-state index contributed by atoms with van der Waals surface area (Å²) in [6.45, 7) is 5.03. The number of carbonyl (C=O) groups is 2. The van der Waals surface area contributed by atoms with Crippen molar-refractivity contribution >= 4 is 21.9 Å². The van der Waals surface area contributed by atoms with Crippen molar-refractivity contribution < 1.29 is 27.5 Å². The zero-order valence-corrected chi connectivity index (χ0v) is 15.6. The van der Waals surface area contributed by atoms with E-state index in [0.29, 0.717) is 0 Å². The van der Waals surface area contributed by atoms with Gasteiger partial charge in [-0.25, -0.2) is 18.0 Å². The van der Waals surface area contributed by atoms with Crippen molar-refractivity contribution in [2.75, 3.05) is 7.11 Å². The average molecular weight is 369 g/mol. The Balaban J connectivity index is 2.42. The van der Waals surface area contributed by atoms with E-state index in [2.05, 4.69) is 0 Å². The Kier molecular flexibility index (Phi) is 5.41. The predicted octanol–water partition coefficient (Wildman–Crippen LogP) is 2.36. The number of ether oxygens (including phenoxy) is 2. The molecule has 8 heteroatoms. The van der Waals surface area contributed by atoms with Crippen LogP contribution in [0.4, 0.5) is 4.79 Å². The molecule has 1 saturated heterocycles. The van der Waals surface area contributed by atoms with Gasteiger partial charge < -0.3 is 9.47 Å². The summed E-state index contributed by atoms with van der Waals surface area (Å²) in [5.74, 6) is -0.656. The Bertz CT molecular complexity index is 738. The molecular weight excluding hydrogens is 346 g/mol. The number of amides is 1. The highest BCUT2D eigenvalue weighted by Crippen LogP contribution is 2.33. The Morgan fingerprint density at radius 3 is 2.24 bits per heavy atom. The van der Waals surface area contributed by atoms with Crippen molar-refractivity contribution in [2.24, 2.45) is 0 Å². The molecule has 1 amide bonds. The van der Waals surface area contributed by atoms with E-state index in [1.54, 1.807) is 39.0 Å². The maximum atomic E-state index is 13.0. The molecule has 7 nitrogen and oxygen atoms in total. The van der Waals surface area contributed by atoms with Crippen LogP contribution in [0.1, 0.15) is 33.6 Å². The zero-order valence-electron chi connectivity index (χ0n) is 14.8. The van der Waals surface area contributed by atoms with E-state index in [-0.39, 0.29) is 17.7 Å². The summed E-state index contributed by atoms with van der Waals surface area (Å²) in [5, 5.41) is -1.17. The molecule has 0 radical (unpaired) electrons. The molecule has 1 aromatic rings. The van der Waals surface area contributed by atoms with Gasteiger partial charge in [0.15, 0.2) is 9.84 Å². The van der Waals surface area contributed by atoms with Crippen LogP contribution in [0.25, 0.3) is 0 Å². The third-order valence-corrected chi connectivity index (χ3v) is 5.95. The van der Waals surface area contributed by atoms with Crippen molar-refractivity contribution in [2.45, 2.75) is 55.5 Å². The van der Waals surface area contributed by atoms with Crippen molar-refractivity contribution in [3.63, 3.8) is 0 Å². The molecule has 0 unspecified atom stereocenters. The second kappa shape index (κ2) is 7.03. The molecule has 0 saturated carbocycles. The molecule has 0 spiro atoms. The maximum absolute atomic E-state index is 13.0. The Morgan fingerprint density at radius 2 is 1.72 bits per heavy atom. The van der Waals surface area contributed by atoms with Crippen molar-refractivity contribution in [3.8, 4) is 0 Å². The molecular formula is C17H23NO6S. The number of sulfone groups is 1. The van der Waals surface area contributed by atoms with Gasteiger partial charge in [-0.05, 0) is 45.7 Å². The van der Waals surface area contributed by atoms with E-state index in [0.717, 1.165) is 4.90 Å². The fraction of sp³-hybridized carbons (Fsp3) is 0.529. The van der Waals surface area contributed by atoms with Gasteiger partial charge in [0.1, 0.15) is 17.0 Å². The number of carbonyl (C=O) groups excluding carboxylic acids is 2. The summed E-state index contributed by atoms with van der Waals surface area (Å²) < 4.78 is 36.0. The van der Waals surface area contributed by atoms with Gasteiger partial charge in [0.25, 0.3) is 0 Å². The van der Waals surface area contributed by atoms with Crippen LogP contribution in [-0.2, 0) is 24.1 Å². The molecule has 2 rings (SSSR count). The number of esters is 1. The number of hydrogen-bond acceptors (Lipinski definition) is 6. The van der Waals surface area contributed by atoms with Gasteiger partial charge in [-0.15, -0.1) is 0 Å². The molecule has 0 aliphatic carbocycles. The van der Waals surface area contributed by atoms with Gasteiger partial charge in [-0.3, -0.25) is 4.90 Å². The van der Waals surface area contributed by atoms with Crippen molar-refractivity contribution in [1.29, 1.82) is 0 Å². The average Bonchev–Trinajstić information content (AvgIpc) is 2.99. The Hall–Kier alpha value is -2.09. The van der Waals surface area contributed by atoms with Crippen LogP contribution in [0.2, 0.25) is 0 Å². The molecule has 0 aromatic heterocycles. The van der Waals surface area contributed by atoms with E-state index in [4.69, 9.17) is 9.47 Å². The fourth-order valence-electron chi connectivity index (χ4n) is 2.78. The topological polar surface area (TPSA) is 90.0 Å². The molecule has 1 fully saturated rings. The fourth-order valence-corrected chi connectivity index (χ4v) is 4.61. The van der Waals surface area contributed by atoms with E-state index < -0.39 is 38.9 Å². The van der Waals surface area contributed by atoms with Crippen LogP contribution in [0.5, 0.6) is 0 Å². The second-order valence-corrected chi connectivity index (χ2v) is 8.92. The highest BCUT2D eigenvalue weighted by atomic mass is 32.2. The highest BCUT2D eigenvalue weighted by molar-refractivity contribution is 7.92. The molecule has 1 aliphatic heterocycles. The van der Waals surface area contributed by atoms with Crippen LogP contribution < -0.4 is 0 Å². The van der Waals surface area contributed by atoms with Crippen LogP contribution >= 0.6 is 0 Å². The summed E-state index contributed by atoms with van der Waals surface area (Å²) in [5.41, 5.74) is -0.818. The zero-order chi connectivity index (χ0) is 18.8. The Morgan fingerprint density at radius 1 is 1.12 bits per heavy atom. The van der Waals surface area contributed by atoms with Gasteiger partial charge in [0, 0.05) is 0 Å². The third-order valence-electron chi connectivity index (χ3n) is 3.84. The molecule has 0 bridgehead atoms. The number of rotatable bonds is 3. The second-order valence-electron chi connectivity index (χ2n) is 6.82. The van der Waals surface area contributed by atoms with E-state index in [1.807, 2.05) is 0 Å². The normalized spacial score (nSPS) is 21.0. The number of methoxy groups -OCH3 is 1. The lowest BCUT2D eigenvalue weighted by Crippen LogP contribution is -2.49. The minimum Gasteiger partial charge on any atom is -0.467 e. The van der Waals surface area contributed by atoms with Gasteiger partial charge in [0.2, 0.25) is 0 Å². The largest absolute Gasteiger partial charge is 0.467 e. The van der Waals surface area contributed by atoms with Crippen LogP contribution in [-0.4, -0.2) is 49.5 Å². The number of benzene rings is 1. The van der Waals surface area contributed by atoms with Gasteiger partial charge in [-0.2, -0.15) is 0 Å². The number of nitrogens with zero attached hydrogens (tertiary/aromatic N) is 1. The SMILES string of the molecule is COC(=O)[C@H]1CC[C@@H](S(=O)(=O)c2ccccc2)N1C(=O)OC(C)(C)C. The van der Waals surface area contributed by atoms with Crippen molar-refractivity contribution in [3.05, 3.63) is 30.3 Å². The smallest absolute Gasteiger partial charge is 0.412 e. The molecule has 2 atom stereocenters. The molecule has 1 aromatic carbocycles. The Labute approximate surface area is 147 Å². The van der Waals surface area contributed by atoms with Crippen LogP contribution in [0, 0.1) is 0 Å². The standard InChI is InChI=1S/C17H23NO6S/c1-17(2,3)24-16(20)18-13(15(19)23-4)10-11-14(18)25(21,22)12-8-6-5-7-9-12/h5-9,13-14H,10-11H2,1-4H3/t13-,14-/m1/s1. The molecule has 25 heavy (non-hydrogen) atoms. The monoisotopic (exact) mass is 369 g/mol. The first-order chi connectivity index (χ1) is 11.6. The predicted molar refractivity (Wildman–Crippen MR) is 90.5 cm³/mol. The lowest BCUT2D eigenvalue weighted by atomic mass is 10.2. The third kappa shape index (κ3) is 4.12. The van der Waals surface area contributed by atoms with Gasteiger partial charge in [-0.1, -0.05) is 18.2 Å². The minimum atomic E-state index is -3.85. The highest BCUT2D eigenvalue weighted by Gasteiger charge is 2.49. The van der Waals surface area contributed by atoms with E-state index >= 15 is 0 Å². The summed E-state index contributed by atoms with van der Waals surface area (Å²) in [6.07, 6.45) is -0.510. The van der Waals surface area contributed by atoms with Gasteiger partial charge in [0.05, 0.1) is 12.0 Å². The van der Waals surface area contributed by atoms with Crippen LogP contribution in [0.3, 0.4) is 0 Å². The number of likely N-dealkylation sites (tertiary alicyclic amines) is 1. The quantitative estimate of drug-likeness (QED) is 0.760. The maximum Gasteiger partial charge on any atom is 0.412 e. The summed E-state index contributed by atoms with van der Waals surface area (Å²) in [7, 11) is -2.64. The van der Waals surface area contributed by atoms with E-state index in [1.165, 1.54) is 19.2 Å². The molecule has 1 aliphatic rings. The summed E-state index contributed by atoms with van der Waals surface area (Å²) in [4.78, 5) is 25.7. The first-order valence-electron chi connectivity index (χ1n) is 7.96. The molecule has 138 valence electrons. The first kappa shape index (κ1) is 19.2. The van der Waals surface area contributed by atoms with Gasteiger partial charge >= 0.3 is 12.1 Å². The first-order valence-corrected chi connectivity index (χ1v) is 9.50. The van der Waals surface area contributed by atoms with Crippen LogP contribution in [0.15, 0.2) is 35.2 Å². The van der Waals surface area contributed by atoms with E-state index in [9.17, 15) is 18.0 Å². The summed E-state index contributed by atoms with van der Waals surface area (Å²) >= 11 is 0. The molecule has 1 heterocycles.